The molecule has 9 nitrogen and oxygen atoms in total. The number of aryl methyl sites for hydroxylation is 2. The summed E-state index contributed by atoms with van der Waals surface area (Å²) >= 11 is 0. The Kier molecular flexibility index (Phi) is 5.52. The Hall–Kier alpha value is -3.94. The Morgan fingerprint density at radius 3 is 2.69 bits per heavy atom. The molecular weight excluding hydrogens is 418 g/mol. The van der Waals surface area contributed by atoms with Gasteiger partial charge in [0.15, 0.2) is 17.8 Å². The molecule has 3 aromatic rings. The van der Waals surface area contributed by atoms with Gasteiger partial charge in [-0.3, -0.25) is 14.7 Å². The highest BCUT2D eigenvalue weighted by atomic mass is 19.2. The third kappa shape index (κ3) is 3.99. The average molecular weight is 440 g/mol. The number of benzene rings is 1. The summed E-state index contributed by atoms with van der Waals surface area (Å²) in [5, 5.41) is 23.6. The van der Waals surface area contributed by atoms with Crippen LogP contribution in [-0.4, -0.2) is 49.6 Å². The van der Waals surface area contributed by atoms with E-state index >= 15 is 0 Å². The summed E-state index contributed by atoms with van der Waals surface area (Å²) in [5.74, 6) is -1.76. The van der Waals surface area contributed by atoms with E-state index in [1.165, 1.54) is 11.0 Å². The monoisotopic (exact) mass is 440 g/mol. The number of halogens is 2. The van der Waals surface area contributed by atoms with Crippen LogP contribution in [0.4, 0.5) is 19.4 Å². The fourth-order valence-electron chi connectivity index (χ4n) is 4.05. The highest BCUT2D eigenvalue weighted by Gasteiger charge is 2.35. The van der Waals surface area contributed by atoms with E-state index in [4.69, 9.17) is 0 Å². The van der Waals surface area contributed by atoms with Gasteiger partial charge < -0.3 is 10.2 Å². The Balaban J connectivity index is 1.52. The van der Waals surface area contributed by atoms with Crippen molar-refractivity contribution in [3.05, 3.63) is 53.4 Å². The molecule has 166 valence electrons. The molecule has 1 aromatic carbocycles. The Morgan fingerprint density at radius 2 is 2.03 bits per heavy atom. The number of aromatic nitrogens is 4. The first-order valence-corrected chi connectivity index (χ1v) is 9.96. The Labute approximate surface area is 183 Å². The van der Waals surface area contributed by atoms with Crippen molar-refractivity contribution < 1.29 is 13.6 Å². The lowest BCUT2D eigenvalue weighted by molar-refractivity contribution is 0.247. The van der Waals surface area contributed by atoms with Crippen LogP contribution in [0.1, 0.15) is 17.0 Å². The van der Waals surface area contributed by atoms with Crippen molar-refractivity contribution in [2.75, 3.05) is 18.4 Å². The number of anilines is 1. The number of carbonyl (C=O) groups is 1. The minimum absolute atomic E-state index is 0.263. The molecule has 1 unspecified atom stereocenters. The summed E-state index contributed by atoms with van der Waals surface area (Å²) in [7, 11) is 3.53. The SMILES string of the molecule is Cc1c(-c2cnn(C)c2)nn(C)c1NC(=O)NC1CN(C#N)C[C@H]1c1ccc(F)c(F)c1. The highest BCUT2D eigenvalue weighted by Crippen LogP contribution is 2.30. The maximum Gasteiger partial charge on any atom is 0.320 e. The number of hydrogen-bond donors (Lipinski definition) is 2. The summed E-state index contributed by atoms with van der Waals surface area (Å²) in [6.45, 7) is 2.41. The van der Waals surface area contributed by atoms with Crippen molar-refractivity contribution in [2.45, 2.75) is 18.9 Å². The van der Waals surface area contributed by atoms with Crippen LogP contribution in [-0.2, 0) is 14.1 Å². The minimum Gasteiger partial charge on any atom is -0.333 e. The van der Waals surface area contributed by atoms with Gasteiger partial charge in [0.1, 0.15) is 11.5 Å². The van der Waals surface area contributed by atoms with Gasteiger partial charge in [-0.05, 0) is 24.6 Å². The average Bonchev–Trinajstić information content (AvgIpc) is 3.44. The number of amides is 2. The first kappa shape index (κ1) is 21.3. The maximum absolute atomic E-state index is 13.8. The van der Waals surface area contributed by atoms with Crippen LogP contribution in [0.5, 0.6) is 0 Å². The van der Waals surface area contributed by atoms with Gasteiger partial charge in [0, 0.05) is 50.4 Å². The third-order valence-corrected chi connectivity index (χ3v) is 5.64. The van der Waals surface area contributed by atoms with Crippen molar-refractivity contribution in [3.63, 3.8) is 0 Å². The van der Waals surface area contributed by atoms with E-state index in [-0.39, 0.29) is 12.5 Å². The van der Waals surface area contributed by atoms with Crippen molar-refractivity contribution >= 4 is 11.8 Å². The topological polar surface area (TPSA) is 104 Å². The zero-order chi connectivity index (χ0) is 23.0. The van der Waals surface area contributed by atoms with Crippen LogP contribution in [0.15, 0.2) is 30.6 Å². The van der Waals surface area contributed by atoms with Crippen LogP contribution in [0.2, 0.25) is 0 Å². The first-order chi connectivity index (χ1) is 15.3. The van der Waals surface area contributed by atoms with Gasteiger partial charge in [-0.25, -0.2) is 13.6 Å². The molecular formula is C21H22F2N8O. The molecule has 2 atom stereocenters. The van der Waals surface area contributed by atoms with Crippen LogP contribution in [0.25, 0.3) is 11.3 Å². The number of nitriles is 1. The first-order valence-electron chi connectivity index (χ1n) is 9.96. The molecule has 32 heavy (non-hydrogen) atoms. The van der Waals surface area contributed by atoms with E-state index in [9.17, 15) is 18.8 Å². The number of carbonyl (C=O) groups excluding carboxylic acids is 1. The minimum atomic E-state index is -0.963. The zero-order valence-electron chi connectivity index (χ0n) is 17.8. The molecule has 1 aliphatic rings. The van der Waals surface area contributed by atoms with Crippen LogP contribution in [0, 0.1) is 30.0 Å². The maximum atomic E-state index is 13.8. The lowest BCUT2D eigenvalue weighted by Gasteiger charge is -2.20. The van der Waals surface area contributed by atoms with Gasteiger partial charge in [0.05, 0.1) is 12.2 Å². The number of hydrogen-bond acceptors (Lipinski definition) is 5. The number of nitrogens with one attached hydrogen (secondary N) is 2. The largest absolute Gasteiger partial charge is 0.333 e. The summed E-state index contributed by atoms with van der Waals surface area (Å²) < 4.78 is 30.3. The third-order valence-electron chi connectivity index (χ3n) is 5.64. The van der Waals surface area contributed by atoms with E-state index in [0.717, 1.165) is 23.3 Å². The number of rotatable bonds is 4. The molecule has 0 saturated carbocycles. The fourth-order valence-corrected chi connectivity index (χ4v) is 4.05. The molecule has 2 aromatic heterocycles. The van der Waals surface area contributed by atoms with E-state index in [0.29, 0.717) is 23.6 Å². The second-order valence-corrected chi connectivity index (χ2v) is 7.84. The van der Waals surface area contributed by atoms with Gasteiger partial charge in [-0.2, -0.15) is 15.5 Å². The van der Waals surface area contributed by atoms with Crippen molar-refractivity contribution in [1.29, 1.82) is 5.26 Å². The van der Waals surface area contributed by atoms with Gasteiger partial charge in [0.2, 0.25) is 0 Å². The van der Waals surface area contributed by atoms with E-state index in [1.54, 1.807) is 22.6 Å². The fraction of sp³-hybridized carbons (Fsp3) is 0.333. The van der Waals surface area contributed by atoms with Crippen LogP contribution < -0.4 is 10.6 Å². The molecule has 0 spiro atoms. The Bertz CT molecular complexity index is 1210. The quantitative estimate of drug-likeness (QED) is 0.607. The van der Waals surface area contributed by atoms with Gasteiger partial charge in [0.25, 0.3) is 0 Å². The van der Waals surface area contributed by atoms with Gasteiger partial charge >= 0.3 is 6.03 Å². The molecule has 0 aliphatic carbocycles. The highest BCUT2D eigenvalue weighted by molar-refractivity contribution is 5.90. The summed E-state index contributed by atoms with van der Waals surface area (Å²) in [5.41, 5.74) is 2.82. The molecule has 4 rings (SSSR count). The Morgan fingerprint density at radius 1 is 1.25 bits per heavy atom. The van der Waals surface area contributed by atoms with Crippen molar-refractivity contribution in [3.8, 4) is 17.5 Å². The summed E-state index contributed by atoms with van der Waals surface area (Å²) in [6.07, 6.45) is 5.59. The molecule has 1 aliphatic heterocycles. The molecule has 0 radical (unpaired) electrons. The van der Waals surface area contributed by atoms with Crippen molar-refractivity contribution in [2.24, 2.45) is 14.1 Å². The lowest BCUT2D eigenvalue weighted by Crippen LogP contribution is -2.42. The van der Waals surface area contributed by atoms with Crippen molar-refractivity contribution in [1.82, 2.24) is 29.8 Å². The molecule has 11 heteroatoms. The van der Waals surface area contributed by atoms with Crippen LogP contribution in [0.3, 0.4) is 0 Å². The number of nitrogens with zero attached hydrogens (tertiary/aromatic N) is 6. The molecule has 3 heterocycles. The molecule has 2 amide bonds. The van der Waals surface area contributed by atoms with Gasteiger partial charge in [-0.1, -0.05) is 6.07 Å². The molecule has 2 N–H and O–H groups in total. The summed E-state index contributed by atoms with van der Waals surface area (Å²) in [4.78, 5) is 14.3. The van der Waals surface area contributed by atoms with E-state index in [2.05, 4.69) is 27.0 Å². The number of likely N-dealkylation sites (tertiary alicyclic amines) is 1. The number of urea groups is 1. The molecule has 0 bridgehead atoms. The lowest BCUT2D eigenvalue weighted by atomic mass is 9.94. The predicted octanol–water partition coefficient (Wildman–Crippen LogP) is 2.48. The van der Waals surface area contributed by atoms with E-state index in [1.807, 2.05) is 20.2 Å². The molecule has 1 saturated heterocycles. The van der Waals surface area contributed by atoms with E-state index < -0.39 is 23.7 Å². The smallest absolute Gasteiger partial charge is 0.320 e. The predicted molar refractivity (Wildman–Crippen MR) is 112 cm³/mol. The normalized spacial score (nSPS) is 17.9. The standard InChI is InChI=1S/C21H22F2N8O/c1-12-19(14-7-25-29(2)8-14)28-30(3)20(12)27-21(32)26-18-10-31(11-24)9-15(18)13-4-5-16(22)17(23)6-13/h4-8,15,18H,9-10H2,1-3H3,(H2,26,27,32)/t15-,18?/m0/s1. The van der Waals surface area contributed by atoms with Crippen LogP contribution >= 0.6 is 0 Å². The second-order valence-electron chi connectivity index (χ2n) is 7.84. The summed E-state index contributed by atoms with van der Waals surface area (Å²) in [6, 6.07) is 2.69. The van der Waals surface area contributed by atoms with Gasteiger partial charge in [-0.15, -0.1) is 0 Å². The zero-order valence-corrected chi connectivity index (χ0v) is 17.8. The molecule has 1 fully saturated rings. The second kappa shape index (κ2) is 8.30.